The highest BCUT2D eigenvalue weighted by atomic mass is 32.1. The number of hydrogen-bond donors (Lipinski definition) is 1. The highest BCUT2D eigenvalue weighted by molar-refractivity contribution is 7.14. The van der Waals surface area contributed by atoms with Crippen molar-refractivity contribution in [3.63, 3.8) is 0 Å². The molecule has 3 heterocycles. The Morgan fingerprint density at radius 3 is 2.61 bits per heavy atom. The summed E-state index contributed by atoms with van der Waals surface area (Å²) >= 11 is 1.31. The van der Waals surface area contributed by atoms with Gasteiger partial charge in [0.15, 0.2) is 5.13 Å². The number of nitrogens with zero attached hydrogens (tertiary/aromatic N) is 4. The Morgan fingerprint density at radius 1 is 1.15 bits per heavy atom. The highest BCUT2D eigenvalue weighted by Crippen LogP contribution is 2.30. The zero-order chi connectivity index (χ0) is 23.8. The molecule has 1 aromatic carbocycles. The predicted molar refractivity (Wildman–Crippen MR) is 130 cm³/mol. The fraction of sp³-hybridized carbons (Fsp3) is 0.280. The molecule has 0 aliphatic heterocycles. The number of anilines is 1. The van der Waals surface area contributed by atoms with Gasteiger partial charge in [0.2, 0.25) is 0 Å². The number of pyridine rings is 1. The SMILES string of the molecule is CC(C)n1cc(C(=O)Nc2nc(-c3cc(C(C)(C)C)ccn3)cs2)c(-c2ccccc2F)n1. The number of thiazole rings is 1. The predicted octanol–water partition coefficient (Wildman–Crippen LogP) is 6.34. The number of amides is 1. The number of halogens is 1. The van der Waals surface area contributed by atoms with E-state index in [9.17, 15) is 9.18 Å². The molecule has 8 heteroatoms. The first-order valence-corrected chi connectivity index (χ1v) is 11.6. The van der Waals surface area contributed by atoms with Crippen LogP contribution in [0.5, 0.6) is 0 Å². The molecule has 0 spiro atoms. The van der Waals surface area contributed by atoms with E-state index in [2.05, 4.69) is 41.2 Å². The van der Waals surface area contributed by atoms with Crippen molar-refractivity contribution in [1.82, 2.24) is 19.7 Å². The Kier molecular flexibility index (Phi) is 6.12. The lowest BCUT2D eigenvalue weighted by molar-refractivity contribution is 0.102. The molecule has 0 bridgehead atoms. The molecule has 170 valence electrons. The molecule has 0 saturated heterocycles. The number of hydrogen-bond acceptors (Lipinski definition) is 5. The summed E-state index contributed by atoms with van der Waals surface area (Å²) in [6, 6.07) is 10.3. The second-order valence-corrected chi connectivity index (χ2v) is 9.97. The number of carbonyl (C=O) groups excluding carboxylic acids is 1. The van der Waals surface area contributed by atoms with Crippen molar-refractivity contribution >= 4 is 22.4 Å². The largest absolute Gasteiger partial charge is 0.298 e. The molecule has 0 aliphatic rings. The third-order valence-electron chi connectivity index (χ3n) is 5.25. The number of benzene rings is 1. The standard InChI is InChI=1S/C25H26FN5OS/c1-15(2)31-13-18(22(30-31)17-8-6-7-9-19(17)26)23(32)29-24-28-21(14-33-24)20-12-16(10-11-27-20)25(3,4)5/h6-15H,1-5H3,(H,28,29,32). The van der Waals surface area contributed by atoms with Crippen LogP contribution in [-0.2, 0) is 5.41 Å². The van der Waals surface area contributed by atoms with Gasteiger partial charge in [-0.1, -0.05) is 32.9 Å². The molecule has 6 nitrogen and oxygen atoms in total. The van der Waals surface area contributed by atoms with Gasteiger partial charge in [-0.15, -0.1) is 11.3 Å². The number of rotatable bonds is 5. The van der Waals surface area contributed by atoms with Crippen molar-refractivity contribution in [3.8, 4) is 22.6 Å². The molecule has 1 N–H and O–H groups in total. The molecule has 0 saturated carbocycles. The summed E-state index contributed by atoms with van der Waals surface area (Å²) in [4.78, 5) is 22.1. The smallest absolute Gasteiger partial charge is 0.261 e. The molecule has 33 heavy (non-hydrogen) atoms. The molecule has 0 fully saturated rings. The molecule has 0 unspecified atom stereocenters. The zero-order valence-corrected chi connectivity index (χ0v) is 20.1. The van der Waals surface area contributed by atoms with Crippen molar-refractivity contribution in [2.24, 2.45) is 0 Å². The van der Waals surface area contributed by atoms with Crippen LogP contribution < -0.4 is 5.32 Å². The maximum atomic E-state index is 14.5. The average Bonchev–Trinajstić information content (AvgIpc) is 3.41. The number of nitrogens with one attached hydrogen (secondary N) is 1. The lowest BCUT2D eigenvalue weighted by Crippen LogP contribution is -2.12. The Morgan fingerprint density at radius 2 is 1.91 bits per heavy atom. The maximum absolute atomic E-state index is 14.5. The molecule has 3 aromatic heterocycles. The maximum Gasteiger partial charge on any atom is 0.261 e. The minimum atomic E-state index is -0.429. The van der Waals surface area contributed by atoms with Crippen molar-refractivity contribution in [1.29, 1.82) is 0 Å². The topological polar surface area (TPSA) is 72.7 Å². The van der Waals surface area contributed by atoms with E-state index in [0.717, 1.165) is 11.3 Å². The van der Waals surface area contributed by atoms with Crippen LogP contribution in [0.2, 0.25) is 0 Å². The quantitative estimate of drug-likeness (QED) is 0.375. The van der Waals surface area contributed by atoms with E-state index in [1.165, 1.54) is 17.4 Å². The van der Waals surface area contributed by atoms with E-state index in [-0.39, 0.29) is 17.0 Å². The van der Waals surface area contributed by atoms with Crippen LogP contribution in [0.4, 0.5) is 9.52 Å². The van der Waals surface area contributed by atoms with Gasteiger partial charge < -0.3 is 0 Å². The fourth-order valence-corrected chi connectivity index (χ4v) is 4.02. The summed E-state index contributed by atoms with van der Waals surface area (Å²) in [7, 11) is 0. The average molecular weight is 464 g/mol. The van der Waals surface area contributed by atoms with E-state index in [1.54, 1.807) is 35.3 Å². The van der Waals surface area contributed by atoms with Crippen LogP contribution >= 0.6 is 11.3 Å². The van der Waals surface area contributed by atoms with Crippen LogP contribution in [-0.4, -0.2) is 25.7 Å². The highest BCUT2D eigenvalue weighted by Gasteiger charge is 2.22. The van der Waals surface area contributed by atoms with Crippen molar-refractivity contribution in [2.75, 3.05) is 5.32 Å². The summed E-state index contributed by atoms with van der Waals surface area (Å²) in [6.07, 6.45) is 3.42. The van der Waals surface area contributed by atoms with E-state index in [4.69, 9.17) is 0 Å². The Balaban J connectivity index is 1.63. The molecule has 4 rings (SSSR count). The van der Waals surface area contributed by atoms with Crippen molar-refractivity contribution < 1.29 is 9.18 Å². The van der Waals surface area contributed by atoms with Gasteiger partial charge in [0.05, 0.1) is 11.3 Å². The summed E-state index contributed by atoms with van der Waals surface area (Å²) in [5, 5.41) is 9.62. The minimum Gasteiger partial charge on any atom is -0.298 e. The van der Waals surface area contributed by atoms with E-state index in [0.29, 0.717) is 22.1 Å². The first-order chi connectivity index (χ1) is 15.6. The first kappa shape index (κ1) is 22.8. The van der Waals surface area contributed by atoms with E-state index >= 15 is 0 Å². The van der Waals surface area contributed by atoms with Crippen LogP contribution in [0.15, 0.2) is 54.2 Å². The van der Waals surface area contributed by atoms with Gasteiger partial charge in [-0.2, -0.15) is 5.10 Å². The Labute approximate surface area is 196 Å². The van der Waals surface area contributed by atoms with Gasteiger partial charge in [-0.3, -0.25) is 19.8 Å². The first-order valence-electron chi connectivity index (χ1n) is 10.7. The van der Waals surface area contributed by atoms with Crippen molar-refractivity contribution in [2.45, 2.75) is 46.1 Å². The third-order valence-corrected chi connectivity index (χ3v) is 6.01. The Hall–Kier alpha value is -3.39. The normalized spacial score (nSPS) is 11.7. The van der Waals surface area contributed by atoms with E-state index < -0.39 is 11.7 Å². The van der Waals surface area contributed by atoms with Gasteiger partial charge in [0, 0.05) is 29.4 Å². The fourth-order valence-electron chi connectivity index (χ4n) is 3.32. The van der Waals surface area contributed by atoms with Gasteiger partial charge in [-0.05, 0) is 49.1 Å². The molecule has 0 radical (unpaired) electrons. The molecule has 1 amide bonds. The summed E-state index contributed by atoms with van der Waals surface area (Å²) in [5.74, 6) is -0.820. The summed E-state index contributed by atoms with van der Waals surface area (Å²) in [6.45, 7) is 10.3. The zero-order valence-electron chi connectivity index (χ0n) is 19.3. The van der Waals surface area contributed by atoms with Gasteiger partial charge in [0.25, 0.3) is 5.91 Å². The van der Waals surface area contributed by atoms with Crippen LogP contribution in [0, 0.1) is 5.82 Å². The lowest BCUT2D eigenvalue weighted by atomic mass is 9.87. The second kappa shape index (κ2) is 8.86. The lowest BCUT2D eigenvalue weighted by Gasteiger charge is -2.18. The molecule has 0 atom stereocenters. The monoisotopic (exact) mass is 463 g/mol. The number of aromatic nitrogens is 4. The van der Waals surface area contributed by atoms with Gasteiger partial charge >= 0.3 is 0 Å². The van der Waals surface area contributed by atoms with Gasteiger partial charge in [0.1, 0.15) is 17.2 Å². The number of carbonyl (C=O) groups is 1. The summed E-state index contributed by atoms with van der Waals surface area (Å²) in [5.41, 5.74) is 3.46. The summed E-state index contributed by atoms with van der Waals surface area (Å²) < 4.78 is 16.1. The van der Waals surface area contributed by atoms with Crippen LogP contribution in [0.1, 0.15) is 56.6 Å². The molecule has 4 aromatic rings. The second-order valence-electron chi connectivity index (χ2n) is 9.12. The van der Waals surface area contributed by atoms with E-state index in [1.807, 2.05) is 31.4 Å². The van der Waals surface area contributed by atoms with Crippen LogP contribution in [0.3, 0.4) is 0 Å². The molecule has 0 aliphatic carbocycles. The van der Waals surface area contributed by atoms with Gasteiger partial charge in [-0.25, -0.2) is 9.37 Å². The Bertz CT molecular complexity index is 1300. The third kappa shape index (κ3) is 4.85. The van der Waals surface area contributed by atoms with Crippen LogP contribution in [0.25, 0.3) is 22.6 Å². The van der Waals surface area contributed by atoms with Crippen molar-refractivity contribution in [3.05, 3.63) is 71.1 Å². The molecular weight excluding hydrogens is 437 g/mol. The molecular formula is C25H26FN5OS. The minimum absolute atomic E-state index is 0.00948.